The van der Waals surface area contributed by atoms with Crippen LogP contribution in [-0.2, 0) is 41.6 Å². The number of carbonyl (C=O) groups is 6. The van der Waals surface area contributed by atoms with Gasteiger partial charge in [0, 0.05) is 19.3 Å². The van der Waals surface area contributed by atoms with Crippen LogP contribution in [0, 0.1) is 5.92 Å². The second-order valence-electron chi connectivity index (χ2n) is 10.7. The van der Waals surface area contributed by atoms with Crippen LogP contribution in [-0.4, -0.2) is 76.9 Å². The molecule has 13 nitrogen and oxygen atoms in total. The number of aromatic hydroxyl groups is 1. The van der Waals surface area contributed by atoms with Gasteiger partial charge in [-0.3, -0.25) is 24.0 Å². The average molecular weight is 612 g/mol. The number of hydrogen-bond donors (Lipinski definition) is 7. The standard InChI is InChI=1S/C31H41N5O8/c1-4-26(38)34-23(16-21-10-12-22(37)13-11-21)29(41)33-17-27(39)32-18-28(40)35-24(15-20-8-6-5-7-9-20)30(42)36-25(31(43)44)14-19(2)3/h5-13,19,23-25,37H,4,14-18H2,1-3H3,(H,32,39)(H,33,41)(H,34,38)(H,35,40)(H,36,42)(H,43,44). The molecular weight excluding hydrogens is 570 g/mol. The predicted octanol–water partition coefficient (Wildman–Crippen LogP) is 0.405. The van der Waals surface area contributed by atoms with Crippen LogP contribution in [0.15, 0.2) is 54.6 Å². The van der Waals surface area contributed by atoms with E-state index in [1.54, 1.807) is 49.4 Å². The molecule has 238 valence electrons. The summed E-state index contributed by atoms with van der Waals surface area (Å²) >= 11 is 0. The molecule has 3 unspecified atom stereocenters. The van der Waals surface area contributed by atoms with E-state index in [9.17, 15) is 39.0 Å². The maximum atomic E-state index is 13.0. The van der Waals surface area contributed by atoms with Gasteiger partial charge in [0.1, 0.15) is 23.9 Å². The third-order valence-electron chi connectivity index (χ3n) is 6.47. The van der Waals surface area contributed by atoms with Crippen LogP contribution in [0.2, 0.25) is 0 Å². The van der Waals surface area contributed by atoms with Crippen molar-refractivity contribution in [3.63, 3.8) is 0 Å². The third kappa shape index (κ3) is 12.9. The van der Waals surface area contributed by atoms with Gasteiger partial charge >= 0.3 is 5.97 Å². The molecule has 0 spiro atoms. The normalized spacial score (nSPS) is 12.7. The molecule has 0 fully saturated rings. The highest BCUT2D eigenvalue weighted by Gasteiger charge is 2.27. The minimum absolute atomic E-state index is 0.000251. The molecule has 5 amide bonds. The lowest BCUT2D eigenvalue weighted by molar-refractivity contribution is -0.142. The summed E-state index contributed by atoms with van der Waals surface area (Å²) in [6, 6.07) is 11.7. The topological polar surface area (TPSA) is 203 Å². The van der Waals surface area contributed by atoms with Crippen LogP contribution in [0.3, 0.4) is 0 Å². The number of benzene rings is 2. The van der Waals surface area contributed by atoms with Gasteiger partial charge in [0.05, 0.1) is 13.1 Å². The second kappa shape index (κ2) is 17.9. The van der Waals surface area contributed by atoms with Gasteiger partial charge in [0.15, 0.2) is 0 Å². The molecule has 0 bridgehead atoms. The zero-order valence-electron chi connectivity index (χ0n) is 25.1. The van der Waals surface area contributed by atoms with Crippen molar-refractivity contribution in [3.8, 4) is 5.75 Å². The Balaban J connectivity index is 1.96. The van der Waals surface area contributed by atoms with Crippen molar-refractivity contribution in [2.75, 3.05) is 13.1 Å². The molecule has 3 atom stereocenters. The number of carboxylic acids is 1. The lowest BCUT2D eigenvalue weighted by Gasteiger charge is -2.22. The fourth-order valence-corrected chi connectivity index (χ4v) is 4.17. The average Bonchev–Trinajstić information content (AvgIpc) is 2.98. The van der Waals surface area contributed by atoms with Crippen molar-refractivity contribution in [1.82, 2.24) is 26.6 Å². The van der Waals surface area contributed by atoms with Crippen molar-refractivity contribution in [2.45, 2.75) is 64.6 Å². The molecule has 0 aliphatic carbocycles. The molecule has 2 rings (SSSR count). The maximum Gasteiger partial charge on any atom is 0.326 e. The zero-order valence-corrected chi connectivity index (χ0v) is 25.1. The van der Waals surface area contributed by atoms with Gasteiger partial charge in [0.25, 0.3) is 0 Å². The lowest BCUT2D eigenvalue weighted by Crippen LogP contribution is -2.54. The molecule has 13 heteroatoms. The monoisotopic (exact) mass is 611 g/mol. The van der Waals surface area contributed by atoms with Crippen molar-refractivity contribution in [1.29, 1.82) is 0 Å². The number of carboxylic acid groups (broad SMARTS) is 1. The highest BCUT2D eigenvalue weighted by molar-refractivity contribution is 5.93. The third-order valence-corrected chi connectivity index (χ3v) is 6.47. The first-order chi connectivity index (χ1) is 20.9. The SMILES string of the molecule is CCC(=O)NC(Cc1ccc(O)cc1)C(=O)NCC(=O)NCC(=O)NC(Cc1ccccc1)C(=O)NC(CC(C)C)C(=O)O. The van der Waals surface area contributed by atoms with Crippen molar-refractivity contribution in [3.05, 3.63) is 65.7 Å². The molecule has 0 aliphatic heterocycles. The number of aliphatic carboxylic acids is 1. The summed E-state index contributed by atoms with van der Waals surface area (Å²) in [7, 11) is 0. The van der Waals surface area contributed by atoms with E-state index in [1.807, 2.05) is 13.8 Å². The van der Waals surface area contributed by atoms with Crippen molar-refractivity contribution < 1.29 is 39.0 Å². The van der Waals surface area contributed by atoms with E-state index in [1.165, 1.54) is 12.1 Å². The molecule has 7 N–H and O–H groups in total. The summed E-state index contributed by atoms with van der Waals surface area (Å²) in [4.78, 5) is 74.6. The van der Waals surface area contributed by atoms with Gasteiger partial charge in [-0.05, 0) is 35.6 Å². The summed E-state index contributed by atoms with van der Waals surface area (Å²) < 4.78 is 0. The highest BCUT2D eigenvalue weighted by atomic mass is 16.4. The fraction of sp³-hybridized carbons (Fsp3) is 0.419. The fourth-order valence-electron chi connectivity index (χ4n) is 4.17. The smallest absolute Gasteiger partial charge is 0.326 e. The number of amides is 5. The number of phenols is 1. The molecule has 0 radical (unpaired) electrons. The van der Waals surface area contributed by atoms with Crippen LogP contribution in [0.1, 0.15) is 44.7 Å². The number of rotatable bonds is 17. The summed E-state index contributed by atoms with van der Waals surface area (Å²) in [6.45, 7) is 4.29. The number of hydrogen-bond acceptors (Lipinski definition) is 7. The Morgan fingerprint density at radius 3 is 1.77 bits per heavy atom. The molecule has 0 aliphatic rings. The van der Waals surface area contributed by atoms with Crippen LogP contribution < -0.4 is 26.6 Å². The van der Waals surface area contributed by atoms with Gasteiger partial charge in [-0.1, -0.05) is 63.2 Å². The number of phenolic OH excluding ortho intramolecular Hbond substituents is 1. The minimum atomic E-state index is -1.19. The van der Waals surface area contributed by atoms with E-state index in [-0.39, 0.29) is 43.3 Å². The van der Waals surface area contributed by atoms with Gasteiger partial charge < -0.3 is 36.8 Å². The lowest BCUT2D eigenvalue weighted by atomic mass is 10.0. The first kappa shape index (κ1) is 35.3. The number of carbonyl (C=O) groups excluding carboxylic acids is 5. The molecule has 2 aromatic carbocycles. The van der Waals surface area contributed by atoms with E-state index < -0.39 is 60.8 Å². The highest BCUT2D eigenvalue weighted by Crippen LogP contribution is 2.12. The largest absolute Gasteiger partial charge is 0.508 e. The van der Waals surface area contributed by atoms with Crippen LogP contribution in [0.25, 0.3) is 0 Å². The minimum Gasteiger partial charge on any atom is -0.508 e. The van der Waals surface area contributed by atoms with Crippen LogP contribution >= 0.6 is 0 Å². The van der Waals surface area contributed by atoms with Crippen molar-refractivity contribution >= 4 is 35.5 Å². The summed E-state index contributed by atoms with van der Waals surface area (Å²) in [5.74, 6) is -4.18. The van der Waals surface area contributed by atoms with Crippen molar-refractivity contribution in [2.24, 2.45) is 5.92 Å². The van der Waals surface area contributed by atoms with E-state index in [0.717, 1.165) is 5.56 Å². The van der Waals surface area contributed by atoms with E-state index in [0.29, 0.717) is 5.56 Å². The van der Waals surface area contributed by atoms with E-state index >= 15 is 0 Å². The summed E-state index contributed by atoms with van der Waals surface area (Å²) in [5.41, 5.74) is 1.40. The summed E-state index contributed by atoms with van der Waals surface area (Å²) in [6.07, 6.45) is 0.550. The molecule has 44 heavy (non-hydrogen) atoms. The first-order valence-electron chi connectivity index (χ1n) is 14.4. The predicted molar refractivity (Wildman–Crippen MR) is 161 cm³/mol. The van der Waals surface area contributed by atoms with Gasteiger partial charge in [0.2, 0.25) is 29.5 Å². The summed E-state index contributed by atoms with van der Waals surface area (Å²) in [5, 5.41) is 31.5. The second-order valence-corrected chi connectivity index (χ2v) is 10.7. The zero-order chi connectivity index (χ0) is 32.6. The van der Waals surface area contributed by atoms with Crippen LogP contribution in [0.4, 0.5) is 0 Å². The first-order valence-corrected chi connectivity index (χ1v) is 14.4. The Hall–Kier alpha value is -4.94. The van der Waals surface area contributed by atoms with Gasteiger partial charge in [-0.25, -0.2) is 4.79 Å². The Bertz CT molecular complexity index is 1280. The molecular formula is C31H41N5O8. The molecule has 0 saturated carbocycles. The van der Waals surface area contributed by atoms with Gasteiger partial charge in [-0.15, -0.1) is 0 Å². The Kier molecular flexibility index (Phi) is 14.3. The van der Waals surface area contributed by atoms with E-state index in [4.69, 9.17) is 0 Å². The Morgan fingerprint density at radius 1 is 0.659 bits per heavy atom. The molecule has 0 saturated heterocycles. The molecule has 0 aromatic heterocycles. The maximum absolute atomic E-state index is 13.0. The quantitative estimate of drug-likeness (QED) is 0.133. The molecule has 0 heterocycles. The Morgan fingerprint density at radius 2 is 1.20 bits per heavy atom. The van der Waals surface area contributed by atoms with Crippen LogP contribution in [0.5, 0.6) is 5.75 Å². The van der Waals surface area contributed by atoms with Gasteiger partial charge in [-0.2, -0.15) is 0 Å². The Labute approximate surface area is 256 Å². The van der Waals surface area contributed by atoms with E-state index in [2.05, 4.69) is 26.6 Å². The molecule has 2 aromatic rings. The number of nitrogens with one attached hydrogen (secondary N) is 5.